The lowest BCUT2D eigenvalue weighted by atomic mass is 9.97. The lowest BCUT2D eigenvalue weighted by molar-refractivity contribution is -0.144. The van der Waals surface area contributed by atoms with Crippen LogP contribution in [0.2, 0.25) is 10.0 Å². The van der Waals surface area contributed by atoms with E-state index in [4.69, 9.17) is 42.1 Å². The molecule has 0 atom stereocenters. The van der Waals surface area contributed by atoms with Crippen LogP contribution in [-0.2, 0) is 51.0 Å². The Labute approximate surface area is 556 Å². The number of phenols is 3. The van der Waals surface area contributed by atoms with Gasteiger partial charge in [0.2, 0.25) is 17.7 Å². The molecule has 0 spiro atoms. The number of rotatable bonds is 32. The molecule has 0 saturated heterocycles. The second-order valence-corrected chi connectivity index (χ2v) is 23.7. The van der Waals surface area contributed by atoms with Crippen molar-refractivity contribution in [2.45, 2.75) is 171 Å². The summed E-state index contributed by atoms with van der Waals surface area (Å²) in [6.07, 6.45) is 8.72. The van der Waals surface area contributed by atoms with Gasteiger partial charge in [-0.25, -0.2) is 9.18 Å². The molecule has 0 aliphatic rings. The molecule has 512 valence electrons. The van der Waals surface area contributed by atoms with Gasteiger partial charge in [-0.05, 0) is 134 Å². The van der Waals surface area contributed by atoms with E-state index in [1.165, 1.54) is 36.4 Å². The second-order valence-electron chi connectivity index (χ2n) is 22.8. The average molecular weight is 1330 g/mol. The van der Waals surface area contributed by atoms with Crippen molar-refractivity contribution in [2.24, 2.45) is 23.7 Å². The number of amides is 3. The summed E-state index contributed by atoms with van der Waals surface area (Å²) in [7, 11) is 0. The van der Waals surface area contributed by atoms with Gasteiger partial charge in [0, 0.05) is 28.9 Å². The minimum Gasteiger partial charge on any atom is -0.508 e. The predicted molar refractivity (Wildman–Crippen MR) is 365 cm³/mol. The number of aromatic hydroxyl groups is 3. The molecule has 0 radical (unpaired) electrons. The first-order valence-corrected chi connectivity index (χ1v) is 32.8. The summed E-state index contributed by atoms with van der Waals surface area (Å²) in [4.78, 5) is 58.4. The molecule has 5 aromatic carbocycles. The largest absolute Gasteiger partial charge is 0.508 e. The fourth-order valence-electron chi connectivity index (χ4n) is 8.39. The van der Waals surface area contributed by atoms with Gasteiger partial charge in [-0.15, -0.1) is 0 Å². The van der Waals surface area contributed by atoms with E-state index in [1.807, 2.05) is 19.9 Å². The molecule has 92 heavy (non-hydrogen) atoms. The van der Waals surface area contributed by atoms with Crippen molar-refractivity contribution in [3.8, 4) is 17.2 Å². The van der Waals surface area contributed by atoms with Crippen LogP contribution in [0.3, 0.4) is 0 Å². The zero-order valence-electron chi connectivity index (χ0n) is 56.2. The number of aliphatic hydroxyl groups is 2. The summed E-state index contributed by atoms with van der Waals surface area (Å²) in [6, 6.07) is 29.2. The molecule has 0 unspecified atom stereocenters. The Morgan fingerprint density at radius 1 is 0.533 bits per heavy atom. The van der Waals surface area contributed by atoms with Crippen molar-refractivity contribution in [3.05, 3.63) is 147 Å². The molecule has 0 bridgehead atoms. The molecule has 0 heterocycles. The van der Waals surface area contributed by atoms with Crippen LogP contribution < -0.4 is 16.0 Å². The van der Waals surface area contributed by atoms with Crippen LogP contribution in [0.15, 0.2) is 109 Å². The van der Waals surface area contributed by atoms with Crippen molar-refractivity contribution >= 4 is 64.2 Å². The average Bonchev–Trinajstić information content (AvgIpc) is 1.54. The Hall–Kier alpha value is -6.80. The van der Waals surface area contributed by atoms with Crippen LogP contribution in [0, 0.1) is 29.5 Å². The first-order valence-electron chi connectivity index (χ1n) is 32.1. The van der Waals surface area contributed by atoms with Gasteiger partial charge in [0.15, 0.2) is 0 Å². The van der Waals surface area contributed by atoms with Gasteiger partial charge in [0.05, 0.1) is 54.4 Å². The Balaban J connectivity index is 0.000000587. The molecule has 0 aromatic heterocycles. The van der Waals surface area contributed by atoms with E-state index in [0.29, 0.717) is 84.5 Å². The van der Waals surface area contributed by atoms with Gasteiger partial charge in [-0.2, -0.15) is 0 Å². The van der Waals surface area contributed by atoms with Crippen LogP contribution >= 0.6 is 23.2 Å². The number of nitrogens with one attached hydrogen (secondary N) is 3. The molecule has 3 amide bonds. The van der Waals surface area contributed by atoms with Gasteiger partial charge in [-0.3, -0.25) is 19.2 Å². The molecule has 17 nitrogen and oxygen atoms in total. The monoisotopic (exact) mass is 1320 g/mol. The highest BCUT2D eigenvalue weighted by Gasteiger charge is 2.26. The summed E-state index contributed by atoms with van der Waals surface area (Å²) in [5.41, 5.74) is 1.21. The van der Waals surface area contributed by atoms with Gasteiger partial charge in [0.25, 0.3) is 0 Å². The third-order valence-electron chi connectivity index (χ3n) is 15.5. The number of hydrogen-bond donors (Lipinski definition) is 8. The molecule has 0 aliphatic carbocycles. The second kappa shape index (κ2) is 46.3. The van der Waals surface area contributed by atoms with Crippen LogP contribution in [0.1, 0.15) is 174 Å². The van der Waals surface area contributed by atoms with Gasteiger partial charge in [0.1, 0.15) is 42.9 Å². The van der Waals surface area contributed by atoms with E-state index in [0.717, 1.165) is 61.8 Å². The minimum atomic E-state index is -1.03. The molecule has 5 aromatic rings. The number of anilines is 2. The van der Waals surface area contributed by atoms with Gasteiger partial charge < -0.3 is 60.4 Å². The van der Waals surface area contributed by atoms with Crippen molar-refractivity contribution in [1.82, 2.24) is 5.32 Å². The molecule has 0 aliphatic heterocycles. The number of ether oxygens (including phenoxy) is 4. The fraction of sp³-hybridized carbons (Fsp3) is 0.514. The third kappa shape index (κ3) is 33.7. The van der Waals surface area contributed by atoms with E-state index in [1.54, 1.807) is 80.6 Å². The SMILES string of the molecule is CCC(CC)C(=O)NCC(C)C.CCC(CC)COC(=O)Cc1cc(Cl)ccc1Cc1ccc(Cl)cc1O.CCC(CC)COCC(=O)Nc1ccccc1O.CCC(O)(CC)COC(=O)c1ccccc1F.CCC(O)(CC)COCC(=O)Nc1ccccc1O. The van der Waals surface area contributed by atoms with Gasteiger partial charge >= 0.3 is 11.9 Å². The Morgan fingerprint density at radius 3 is 1.48 bits per heavy atom. The molecule has 5 rings (SSSR count). The maximum atomic E-state index is 13.3. The Kier molecular flexibility index (Phi) is 41.9. The first-order chi connectivity index (χ1) is 43.7. The number of esters is 2. The maximum absolute atomic E-state index is 13.3. The zero-order valence-corrected chi connectivity index (χ0v) is 57.7. The van der Waals surface area contributed by atoms with Crippen molar-refractivity contribution in [1.29, 1.82) is 0 Å². The molecular weight excluding hydrogens is 1220 g/mol. The van der Waals surface area contributed by atoms with Crippen LogP contribution in [0.4, 0.5) is 15.8 Å². The first kappa shape index (κ1) is 83.2. The third-order valence-corrected chi connectivity index (χ3v) is 16.0. The number of phenolic OH excluding ortho intramolecular Hbond substituents is 3. The summed E-state index contributed by atoms with van der Waals surface area (Å²) in [5.74, 6) is -0.167. The molecule has 0 saturated carbocycles. The highest BCUT2D eigenvalue weighted by molar-refractivity contribution is 6.31. The van der Waals surface area contributed by atoms with Crippen molar-refractivity contribution < 1.29 is 72.8 Å². The number of hydrogen-bond acceptors (Lipinski definition) is 14. The van der Waals surface area contributed by atoms with Gasteiger partial charge in [-0.1, -0.05) is 181 Å². The van der Waals surface area contributed by atoms with E-state index in [9.17, 15) is 53.9 Å². The number of halogens is 3. The summed E-state index contributed by atoms with van der Waals surface area (Å²) < 4.78 is 34.2. The predicted octanol–water partition coefficient (Wildman–Crippen LogP) is 15.2. The number of para-hydroxylation sites is 4. The summed E-state index contributed by atoms with van der Waals surface area (Å²) >= 11 is 12.0. The van der Waals surface area contributed by atoms with Crippen molar-refractivity contribution in [3.63, 3.8) is 0 Å². The number of benzene rings is 5. The van der Waals surface area contributed by atoms with Crippen LogP contribution in [0.25, 0.3) is 0 Å². The van der Waals surface area contributed by atoms with Crippen LogP contribution in [-0.4, -0.2) is 113 Å². The summed E-state index contributed by atoms with van der Waals surface area (Å²) in [6.45, 7) is 25.8. The fourth-order valence-corrected chi connectivity index (χ4v) is 8.75. The Bertz CT molecular complexity index is 2930. The lowest BCUT2D eigenvalue weighted by Gasteiger charge is -2.24. The molecule has 8 N–H and O–H groups in total. The minimum absolute atomic E-state index is 0.00877. The van der Waals surface area contributed by atoms with Crippen LogP contribution in [0.5, 0.6) is 17.2 Å². The quantitative estimate of drug-likeness (QED) is 0.0147. The zero-order chi connectivity index (χ0) is 69.2. The number of carbonyl (C=O) groups excluding carboxylic acids is 5. The highest BCUT2D eigenvalue weighted by atomic mass is 35.5. The van der Waals surface area contributed by atoms with E-state index in [2.05, 4.69) is 71.3 Å². The summed E-state index contributed by atoms with van der Waals surface area (Å²) in [5, 5.41) is 58.1. The van der Waals surface area contributed by atoms with Crippen molar-refractivity contribution in [2.75, 3.05) is 56.8 Å². The highest BCUT2D eigenvalue weighted by Crippen LogP contribution is 2.28. The van der Waals surface area contributed by atoms with E-state index >= 15 is 0 Å². The molecule has 0 fully saturated rings. The smallest absolute Gasteiger partial charge is 0.341 e. The van der Waals surface area contributed by atoms with E-state index in [-0.39, 0.29) is 85.3 Å². The van der Waals surface area contributed by atoms with E-state index < -0.39 is 23.0 Å². The topological polar surface area (TPSA) is 260 Å². The molecular formula is C72H104Cl2FN3O14. The number of carbonyl (C=O) groups is 5. The Morgan fingerprint density at radius 2 is 1.00 bits per heavy atom. The standard InChI is InChI=1S/C21H24Cl2O3.C14H21NO4.C14H21NO3.C13H17FO3.C10H21NO/c1-3-14(4-2)13-26-21(25)11-17-10-18(22)7-5-15(17)9-16-6-8-19(23)12-20(16)24;1-3-14(18,4-2)10-19-9-13(17)15-11-7-5-6-8-12(11)16;1-3-11(4-2)9-18-10-14(17)15-12-7-5-6-8-13(12)16;1-3-13(16,4-2)9-17-12(15)10-7-5-6-8-11(10)14;1-5-9(6-2)10(12)11-7-8(3)4/h5-8,10,12,14,24H,3-4,9,11,13H2,1-2H3;5-8,16,18H,3-4,9-10H2,1-2H3,(H,15,17);5-8,11,16H,3-4,9-10H2,1-2H3,(H,15,17);5-8,16H,3-4,9H2,1-2H3;8-9H,5-7H2,1-4H3,(H,11,12). The normalized spacial score (nSPS) is 11.0. The lowest BCUT2D eigenvalue weighted by Crippen LogP contribution is -2.34. The molecule has 20 heteroatoms. The maximum Gasteiger partial charge on any atom is 0.341 e.